The van der Waals surface area contributed by atoms with Crippen LogP contribution in [0.25, 0.3) is 21.9 Å². The lowest BCUT2D eigenvalue weighted by Crippen LogP contribution is -2.11. The zero-order valence-corrected chi connectivity index (χ0v) is 16.4. The van der Waals surface area contributed by atoms with E-state index in [0.29, 0.717) is 27.8 Å². The zero-order valence-electron chi connectivity index (χ0n) is 16.4. The van der Waals surface area contributed by atoms with E-state index in [1.165, 1.54) is 6.07 Å². The second-order valence-electron chi connectivity index (χ2n) is 7.31. The quantitative estimate of drug-likeness (QED) is 0.377. The highest BCUT2D eigenvalue weighted by Crippen LogP contribution is 2.31. The normalized spacial score (nSPS) is 12.8. The van der Waals surface area contributed by atoms with Gasteiger partial charge in [-0.05, 0) is 43.0 Å². The van der Waals surface area contributed by atoms with Crippen molar-refractivity contribution in [3.8, 4) is 5.75 Å². The molecule has 0 atom stereocenters. The number of para-hydroxylation sites is 1. The Morgan fingerprint density at radius 3 is 2.83 bits per heavy atom. The SMILES string of the molecule is COc1ccc2c(COC(=O)c3c4c(nc5ccccc35)CCC4)cc(=O)oc2c1. The Labute approximate surface area is 172 Å². The van der Waals surface area contributed by atoms with E-state index in [9.17, 15) is 9.59 Å². The van der Waals surface area contributed by atoms with Gasteiger partial charge in [-0.1, -0.05) is 18.2 Å². The molecule has 6 nitrogen and oxygen atoms in total. The van der Waals surface area contributed by atoms with Crippen LogP contribution in [0.4, 0.5) is 0 Å². The number of rotatable bonds is 4. The molecule has 4 aromatic rings. The van der Waals surface area contributed by atoms with Gasteiger partial charge < -0.3 is 13.9 Å². The molecule has 0 radical (unpaired) electrons. The van der Waals surface area contributed by atoms with Crippen molar-refractivity contribution in [2.24, 2.45) is 0 Å². The lowest BCUT2D eigenvalue weighted by molar-refractivity contribution is 0.0475. The summed E-state index contributed by atoms with van der Waals surface area (Å²) >= 11 is 0. The molecule has 150 valence electrons. The Hall–Kier alpha value is -3.67. The Bertz CT molecular complexity index is 1360. The van der Waals surface area contributed by atoms with Gasteiger partial charge in [0.1, 0.15) is 17.9 Å². The number of benzene rings is 2. The van der Waals surface area contributed by atoms with Crippen molar-refractivity contribution in [3.63, 3.8) is 0 Å². The summed E-state index contributed by atoms with van der Waals surface area (Å²) in [4.78, 5) is 29.8. The van der Waals surface area contributed by atoms with Crippen molar-refractivity contribution in [2.75, 3.05) is 7.11 Å². The Kier molecular flexibility index (Phi) is 4.47. The number of ether oxygens (including phenoxy) is 2. The number of esters is 1. The van der Waals surface area contributed by atoms with Gasteiger partial charge in [0.2, 0.25) is 0 Å². The molecule has 0 amide bonds. The molecule has 0 N–H and O–H groups in total. The third-order valence-corrected chi connectivity index (χ3v) is 5.52. The average molecular weight is 401 g/mol. The Morgan fingerprint density at radius 2 is 1.97 bits per heavy atom. The molecule has 0 saturated heterocycles. The van der Waals surface area contributed by atoms with E-state index >= 15 is 0 Å². The first-order valence-electron chi connectivity index (χ1n) is 9.82. The van der Waals surface area contributed by atoms with Crippen molar-refractivity contribution in [2.45, 2.75) is 25.9 Å². The molecule has 30 heavy (non-hydrogen) atoms. The van der Waals surface area contributed by atoms with Crippen LogP contribution < -0.4 is 10.4 Å². The number of hydrogen-bond donors (Lipinski definition) is 0. The molecule has 1 aliphatic carbocycles. The molecule has 0 fully saturated rings. The summed E-state index contributed by atoms with van der Waals surface area (Å²) in [6.45, 7) is -0.0291. The lowest BCUT2D eigenvalue weighted by atomic mass is 10.0. The van der Waals surface area contributed by atoms with E-state index in [0.717, 1.165) is 41.4 Å². The largest absolute Gasteiger partial charge is 0.497 e. The number of hydrogen-bond acceptors (Lipinski definition) is 6. The highest BCUT2D eigenvalue weighted by molar-refractivity contribution is 6.05. The molecular formula is C24H19NO5. The van der Waals surface area contributed by atoms with E-state index < -0.39 is 11.6 Å². The third-order valence-electron chi connectivity index (χ3n) is 5.52. The smallest absolute Gasteiger partial charge is 0.339 e. The van der Waals surface area contributed by atoms with Crippen molar-refractivity contribution >= 4 is 27.8 Å². The maximum Gasteiger partial charge on any atom is 0.339 e. The minimum atomic E-state index is -0.503. The number of carbonyl (C=O) groups excluding carboxylic acids is 1. The number of nitrogens with zero attached hydrogens (tertiary/aromatic N) is 1. The average Bonchev–Trinajstić information content (AvgIpc) is 3.22. The van der Waals surface area contributed by atoms with E-state index in [2.05, 4.69) is 0 Å². The van der Waals surface area contributed by atoms with E-state index in [4.69, 9.17) is 18.9 Å². The molecule has 6 heteroatoms. The maximum atomic E-state index is 13.1. The topological polar surface area (TPSA) is 78.6 Å². The number of aromatic nitrogens is 1. The van der Waals surface area contributed by atoms with Gasteiger partial charge in [-0.15, -0.1) is 0 Å². The van der Waals surface area contributed by atoms with Crippen molar-refractivity contribution in [1.82, 2.24) is 4.98 Å². The number of pyridine rings is 1. The zero-order chi connectivity index (χ0) is 20.7. The van der Waals surface area contributed by atoms with Crippen LogP contribution in [0.15, 0.2) is 57.7 Å². The van der Waals surface area contributed by atoms with Crippen LogP contribution in [-0.2, 0) is 24.2 Å². The summed E-state index contributed by atoms with van der Waals surface area (Å²) in [6, 6.07) is 14.2. The Balaban J connectivity index is 1.52. The Morgan fingerprint density at radius 1 is 1.10 bits per heavy atom. The first kappa shape index (κ1) is 18.4. The van der Waals surface area contributed by atoms with Crippen LogP contribution in [0.3, 0.4) is 0 Å². The predicted octanol–water partition coefficient (Wildman–Crippen LogP) is 4.20. The van der Waals surface area contributed by atoms with Gasteiger partial charge >= 0.3 is 11.6 Å². The summed E-state index contributed by atoms with van der Waals surface area (Å²) in [5.74, 6) is 0.181. The second kappa shape index (κ2) is 7.30. The van der Waals surface area contributed by atoms with Crippen molar-refractivity contribution in [1.29, 1.82) is 0 Å². The minimum absolute atomic E-state index is 0.0291. The number of aryl methyl sites for hydroxylation is 1. The highest BCUT2D eigenvalue weighted by atomic mass is 16.5. The molecule has 0 bridgehead atoms. The summed E-state index contributed by atoms with van der Waals surface area (Å²) in [5, 5.41) is 1.50. The summed E-state index contributed by atoms with van der Waals surface area (Å²) in [5.41, 5.74) is 3.80. The molecule has 1 aliphatic rings. The third kappa shape index (κ3) is 3.10. The molecule has 0 spiro atoms. The lowest BCUT2D eigenvalue weighted by Gasteiger charge is -2.13. The first-order chi connectivity index (χ1) is 14.6. The van der Waals surface area contributed by atoms with E-state index in [1.807, 2.05) is 24.3 Å². The molecule has 2 aromatic carbocycles. The van der Waals surface area contributed by atoms with Crippen molar-refractivity contribution < 1.29 is 18.7 Å². The fourth-order valence-electron chi connectivity index (χ4n) is 4.12. The van der Waals surface area contributed by atoms with Crippen LogP contribution in [0, 0.1) is 0 Å². The van der Waals surface area contributed by atoms with Crippen molar-refractivity contribution in [3.05, 3.63) is 81.3 Å². The van der Waals surface area contributed by atoms with E-state index in [-0.39, 0.29) is 6.61 Å². The van der Waals surface area contributed by atoms with Crippen LogP contribution in [0.2, 0.25) is 0 Å². The number of carbonyl (C=O) groups is 1. The number of fused-ring (bicyclic) bond motifs is 3. The van der Waals surface area contributed by atoms with Crippen LogP contribution in [0.5, 0.6) is 5.75 Å². The molecule has 0 saturated carbocycles. The maximum absolute atomic E-state index is 13.1. The van der Waals surface area contributed by atoms with Gasteiger partial charge in [-0.2, -0.15) is 0 Å². The van der Waals surface area contributed by atoms with Gasteiger partial charge in [-0.25, -0.2) is 9.59 Å². The van der Waals surface area contributed by atoms with Gasteiger partial charge in [0.25, 0.3) is 0 Å². The summed E-state index contributed by atoms with van der Waals surface area (Å²) in [7, 11) is 1.54. The van der Waals surface area contributed by atoms with Crippen LogP contribution in [-0.4, -0.2) is 18.1 Å². The second-order valence-corrected chi connectivity index (χ2v) is 7.31. The van der Waals surface area contributed by atoms with Gasteiger partial charge in [0.15, 0.2) is 0 Å². The minimum Gasteiger partial charge on any atom is -0.497 e. The standard InChI is InChI=1S/C24H19NO5/c1-28-15-9-10-16-14(11-22(26)30-21(16)12-15)13-29-24(27)23-17-5-2-3-7-19(17)25-20-8-4-6-18(20)23/h2-3,5,7,9-12H,4,6,8,13H2,1H3. The number of methoxy groups -OCH3 is 1. The highest BCUT2D eigenvalue weighted by Gasteiger charge is 2.25. The molecule has 0 unspecified atom stereocenters. The van der Waals surface area contributed by atoms with Gasteiger partial charge in [-0.3, -0.25) is 4.98 Å². The molecule has 2 heterocycles. The molecular weight excluding hydrogens is 382 g/mol. The molecule has 0 aliphatic heterocycles. The summed E-state index contributed by atoms with van der Waals surface area (Å²) in [6.07, 6.45) is 2.66. The van der Waals surface area contributed by atoms with E-state index in [1.54, 1.807) is 25.3 Å². The fraction of sp³-hybridized carbons (Fsp3) is 0.208. The van der Waals surface area contributed by atoms with Crippen LogP contribution in [0.1, 0.15) is 33.6 Å². The first-order valence-corrected chi connectivity index (χ1v) is 9.82. The molecule has 5 rings (SSSR count). The molecule has 2 aromatic heterocycles. The van der Waals surface area contributed by atoms with Gasteiger partial charge in [0.05, 0.1) is 18.2 Å². The van der Waals surface area contributed by atoms with Crippen LogP contribution >= 0.6 is 0 Å². The monoisotopic (exact) mass is 401 g/mol. The fourth-order valence-corrected chi connectivity index (χ4v) is 4.12. The summed E-state index contributed by atoms with van der Waals surface area (Å²) < 4.78 is 16.1. The predicted molar refractivity (Wildman–Crippen MR) is 112 cm³/mol. The van der Waals surface area contributed by atoms with Gasteiger partial charge in [0, 0.05) is 34.2 Å².